The summed E-state index contributed by atoms with van der Waals surface area (Å²) in [5.74, 6) is 0.467. The summed E-state index contributed by atoms with van der Waals surface area (Å²) in [5.41, 5.74) is 0.715. The van der Waals surface area contributed by atoms with Gasteiger partial charge in [0.05, 0.1) is 24.5 Å². The topological polar surface area (TPSA) is 52.3 Å². The molecule has 0 saturated carbocycles. The highest BCUT2D eigenvalue weighted by molar-refractivity contribution is 7.13. The van der Waals surface area contributed by atoms with Crippen LogP contribution in [-0.4, -0.2) is 17.1 Å². The van der Waals surface area contributed by atoms with Crippen molar-refractivity contribution in [1.82, 2.24) is 4.98 Å². The molecule has 0 amide bonds. The quantitative estimate of drug-likeness (QED) is 0.784. The van der Waals surface area contributed by atoms with Gasteiger partial charge < -0.3 is 9.15 Å². The van der Waals surface area contributed by atoms with Gasteiger partial charge in [0.25, 0.3) is 0 Å². The predicted octanol–water partition coefficient (Wildman–Crippen LogP) is 2.90. The Morgan fingerprint density at radius 1 is 1.59 bits per heavy atom. The van der Waals surface area contributed by atoms with Crippen molar-refractivity contribution in [3.8, 4) is 10.8 Å². The van der Waals surface area contributed by atoms with E-state index in [9.17, 15) is 4.79 Å². The van der Waals surface area contributed by atoms with Crippen molar-refractivity contribution in [3.05, 3.63) is 29.5 Å². The molecule has 5 heteroatoms. The van der Waals surface area contributed by atoms with E-state index in [-0.39, 0.29) is 18.5 Å². The average Bonchev–Trinajstić information content (AvgIpc) is 2.84. The molecule has 90 valence electrons. The maximum atomic E-state index is 11.4. The molecule has 2 rings (SSSR count). The van der Waals surface area contributed by atoms with Gasteiger partial charge >= 0.3 is 5.97 Å². The van der Waals surface area contributed by atoms with Crippen molar-refractivity contribution in [2.24, 2.45) is 0 Å². The van der Waals surface area contributed by atoms with Crippen molar-refractivity contribution < 1.29 is 13.9 Å². The number of carbonyl (C=O) groups is 1. The van der Waals surface area contributed by atoms with Crippen LogP contribution in [-0.2, 0) is 16.0 Å². The van der Waals surface area contributed by atoms with Gasteiger partial charge in [-0.25, -0.2) is 4.98 Å². The molecule has 0 aliphatic rings. The molecule has 0 aliphatic heterocycles. The zero-order chi connectivity index (χ0) is 12.3. The molecule has 2 aromatic rings. The highest BCUT2D eigenvalue weighted by Crippen LogP contribution is 2.24. The SMILES string of the molecule is CC(C)OC(=O)Cc1csc(-c2ccco2)n1. The number of esters is 1. The normalized spacial score (nSPS) is 10.8. The maximum Gasteiger partial charge on any atom is 0.312 e. The molecule has 0 aliphatic carbocycles. The van der Waals surface area contributed by atoms with Crippen LogP contribution in [0.15, 0.2) is 28.2 Å². The third-order valence-electron chi connectivity index (χ3n) is 1.98. The van der Waals surface area contributed by atoms with E-state index in [4.69, 9.17) is 9.15 Å². The van der Waals surface area contributed by atoms with Crippen LogP contribution in [0.3, 0.4) is 0 Å². The Balaban J connectivity index is 2.02. The molecule has 2 heterocycles. The van der Waals surface area contributed by atoms with Crippen molar-refractivity contribution in [3.63, 3.8) is 0 Å². The van der Waals surface area contributed by atoms with Crippen LogP contribution in [0, 0.1) is 0 Å². The fourth-order valence-corrected chi connectivity index (χ4v) is 2.14. The average molecular weight is 251 g/mol. The summed E-state index contributed by atoms with van der Waals surface area (Å²) in [7, 11) is 0. The van der Waals surface area contributed by atoms with Gasteiger partial charge in [0.15, 0.2) is 10.8 Å². The number of hydrogen-bond donors (Lipinski definition) is 0. The molecule has 0 fully saturated rings. The third-order valence-corrected chi connectivity index (χ3v) is 2.88. The van der Waals surface area contributed by atoms with Crippen molar-refractivity contribution in [2.45, 2.75) is 26.4 Å². The lowest BCUT2D eigenvalue weighted by Gasteiger charge is -2.05. The van der Waals surface area contributed by atoms with Gasteiger partial charge in [-0.15, -0.1) is 11.3 Å². The van der Waals surface area contributed by atoms with Crippen LogP contribution in [0.5, 0.6) is 0 Å². The van der Waals surface area contributed by atoms with Crippen molar-refractivity contribution >= 4 is 17.3 Å². The summed E-state index contributed by atoms with van der Waals surface area (Å²) in [6, 6.07) is 3.65. The maximum absolute atomic E-state index is 11.4. The fraction of sp³-hybridized carbons (Fsp3) is 0.333. The van der Waals surface area contributed by atoms with Crippen LogP contribution in [0.2, 0.25) is 0 Å². The number of ether oxygens (including phenoxy) is 1. The minimum atomic E-state index is -0.253. The Morgan fingerprint density at radius 3 is 3.06 bits per heavy atom. The molecule has 0 aromatic carbocycles. The highest BCUT2D eigenvalue weighted by atomic mass is 32.1. The molecule has 17 heavy (non-hydrogen) atoms. The van der Waals surface area contributed by atoms with E-state index in [1.807, 2.05) is 31.4 Å². The van der Waals surface area contributed by atoms with Crippen LogP contribution in [0.4, 0.5) is 0 Å². The van der Waals surface area contributed by atoms with Gasteiger partial charge in [-0.1, -0.05) is 0 Å². The minimum absolute atomic E-state index is 0.0920. The summed E-state index contributed by atoms with van der Waals surface area (Å²) >= 11 is 1.46. The number of hydrogen-bond acceptors (Lipinski definition) is 5. The number of aromatic nitrogens is 1. The highest BCUT2D eigenvalue weighted by Gasteiger charge is 2.12. The fourth-order valence-electron chi connectivity index (χ4n) is 1.35. The summed E-state index contributed by atoms with van der Waals surface area (Å²) in [4.78, 5) is 15.8. The second-order valence-corrected chi connectivity index (χ2v) is 4.69. The molecule has 4 nitrogen and oxygen atoms in total. The van der Waals surface area contributed by atoms with Gasteiger partial charge in [0.1, 0.15) is 0 Å². The predicted molar refractivity (Wildman–Crippen MR) is 64.7 cm³/mol. The number of carbonyl (C=O) groups excluding carboxylic acids is 1. The largest absolute Gasteiger partial charge is 0.463 e. The first kappa shape index (κ1) is 11.9. The van der Waals surface area contributed by atoms with Gasteiger partial charge in [0, 0.05) is 5.38 Å². The molecule has 0 unspecified atom stereocenters. The Kier molecular flexibility index (Phi) is 3.58. The summed E-state index contributed by atoms with van der Waals surface area (Å²) < 4.78 is 10.3. The summed E-state index contributed by atoms with van der Waals surface area (Å²) in [5, 5.41) is 2.63. The standard InChI is InChI=1S/C12H13NO3S/c1-8(2)16-11(14)6-9-7-17-12(13-9)10-4-3-5-15-10/h3-5,7-8H,6H2,1-2H3. The third kappa shape index (κ3) is 3.17. The zero-order valence-corrected chi connectivity index (χ0v) is 10.5. The Labute approximate surface area is 103 Å². The molecule has 2 aromatic heterocycles. The first-order valence-corrected chi connectivity index (χ1v) is 6.21. The summed E-state index contributed by atoms with van der Waals surface area (Å²) in [6.07, 6.45) is 1.71. The zero-order valence-electron chi connectivity index (χ0n) is 9.67. The van der Waals surface area contributed by atoms with E-state index in [1.165, 1.54) is 11.3 Å². The molecule has 0 spiro atoms. The molecule has 0 radical (unpaired) electrons. The number of furan rings is 1. The van der Waals surface area contributed by atoms with E-state index < -0.39 is 0 Å². The lowest BCUT2D eigenvalue weighted by Crippen LogP contribution is -2.13. The van der Waals surface area contributed by atoms with Crippen LogP contribution in [0.25, 0.3) is 10.8 Å². The number of rotatable bonds is 4. The molecule has 0 saturated heterocycles. The monoisotopic (exact) mass is 251 g/mol. The Bertz CT molecular complexity index is 488. The van der Waals surface area contributed by atoms with E-state index in [0.29, 0.717) is 5.69 Å². The molecule has 0 N–H and O–H groups in total. The summed E-state index contributed by atoms with van der Waals surface area (Å²) in [6.45, 7) is 3.65. The van der Waals surface area contributed by atoms with Gasteiger partial charge in [-0.05, 0) is 26.0 Å². The molecular formula is C12H13NO3S. The van der Waals surface area contributed by atoms with Crippen molar-refractivity contribution in [2.75, 3.05) is 0 Å². The molecule has 0 bridgehead atoms. The van der Waals surface area contributed by atoms with E-state index in [1.54, 1.807) is 6.26 Å². The molecular weight excluding hydrogens is 238 g/mol. The lowest BCUT2D eigenvalue weighted by molar-refractivity contribution is -0.146. The van der Waals surface area contributed by atoms with Gasteiger partial charge in [-0.3, -0.25) is 4.79 Å². The lowest BCUT2D eigenvalue weighted by atomic mass is 10.3. The minimum Gasteiger partial charge on any atom is -0.463 e. The molecule has 0 atom stereocenters. The smallest absolute Gasteiger partial charge is 0.312 e. The van der Waals surface area contributed by atoms with Crippen LogP contribution < -0.4 is 0 Å². The van der Waals surface area contributed by atoms with E-state index in [2.05, 4.69) is 4.98 Å². The van der Waals surface area contributed by atoms with Gasteiger partial charge in [-0.2, -0.15) is 0 Å². The first-order chi connectivity index (χ1) is 8.15. The second kappa shape index (κ2) is 5.14. The van der Waals surface area contributed by atoms with E-state index >= 15 is 0 Å². The number of thiazole rings is 1. The Morgan fingerprint density at radius 2 is 2.41 bits per heavy atom. The first-order valence-electron chi connectivity index (χ1n) is 5.33. The van der Waals surface area contributed by atoms with Crippen LogP contribution >= 0.6 is 11.3 Å². The second-order valence-electron chi connectivity index (χ2n) is 3.84. The van der Waals surface area contributed by atoms with Gasteiger partial charge in [0.2, 0.25) is 0 Å². The van der Waals surface area contributed by atoms with E-state index in [0.717, 1.165) is 10.8 Å². The Hall–Kier alpha value is -1.62. The number of nitrogens with zero attached hydrogens (tertiary/aromatic N) is 1. The van der Waals surface area contributed by atoms with Crippen LogP contribution in [0.1, 0.15) is 19.5 Å². The van der Waals surface area contributed by atoms with Crippen molar-refractivity contribution in [1.29, 1.82) is 0 Å².